The van der Waals surface area contributed by atoms with Crippen molar-refractivity contribution in [3.05, 3.63) is 82.0 Å². The normalized spacial score (nSPS) is 12.3. The molecule has 2 nitrogen and oxygen atoms in total. The van der Waals surface area contributed by atoms with Gasteiger partial charge >= 0.3 is 0 Å². The molecule has 0 aliphatic carbocycles. The molecule has 3 rings (SSSR count). The first-order valence-electron chi connectivity index (χ1n) is 7.13. The van der Waals surface area contributed by atoms with Gasteiger partial charge in [0.05, 0.1) is 10.0 Å². The highest BCUT2D eigenvalue weighted by molar-refractivity contribution is 7.77. The first kappa shape index (κ1) is 16.2. The van der Waals surface area contributed by atoms with Gasteiger partial charge in [0.15, 0.2) is 0 Å². The molecule has 116 valence electrons. The van der Waals surface area contributed by atoms with Crippen molar-refractivity contribution < 1.29 is 4.57 Å². The molecule has 2 aromatic carbocycles. The molecule has 3 aromatic rings. The lowest BCUT2D eigenvalue weighted by Gasteiger charge is -2.15. The van der Waals surface area contributed by atoms with Crippen LogP contribution in [0.5, 0.6) is 0 Å². The molecule has 0 aliphatic rings. The molecule has 0 saturated heterocycles. The fraction of sp³-hybridized carbons (Fsp3) is 0.0556. The zero-order valence-electron chi connectivity index (χ0n) is 12.5. The highest BCUT2D eigenvalue weighted by Gasteiger charge is 2.26. The van der Waals surface area contributed by atoms with E-state index < -0.39 is 7.29 Å². The zero-order chi connectivity index (χ0) is 16.3. The fourth-order valence-electron chi connectivity index (χ4n) is 2.29. The van der Waals surface area contributed by atoms with Gasteiger partial charge in [-0.3, -0.25) is 4.57 Å². The molecule has 0 atom stereocenters. The quantitative estimate of drug-likeness (QED) is 0.468. The van der Waals surface area contributed by atoms with Gasteiger partial charge in [-0.2, -0.15) is 0 Å². The summed E-state index contributed by atoms with van der Waals surface area (Å²) in [4.78, 5) is 0.932. The molecule has 1 aromatic heterocycles. The first-order valence-corrected chi connectivity index (χ1v) is 9.99. The van der Waals surface area contributed by atoms with Crippen LogP contribution in [0.15, 0.2) is 77.6 Å². The number of halogens is 1. The maximum Gasteiger partial charge on any atom is 0.247 e. The Morgan fingerprint density at radius 1 is 0.913 bits per heavy atom. The highest BCUT2D eigenvalue weighted by Crippen LogP contribution is 2.45. The number of nitrogens with zero attached hydrogens (tertiary/aromatic N) is 1. The van der Waals surface area contributed by atoms with Crippen LogP contribution in [-0.4, -0.2) is 5.71 Å². The van der Waals surface area contributed by atoms with E-state index in [1.165, 1.54) is 11.3 Å². The number of benzene rings is 2. The molecule has 0 amide bonds. The van der Waals surface area contributed by atoms with Crippen LogP contribution < -0.4 is 10.6 Å². The Hall–Kier alpha value is -1.67. The smallest absolute Gasteiger partial charge is 0.247 e. The standard InChI is InChI=1S/C18H15ClNOPS/c1-14(17-12-13-18(19)23-17)20-22(21,15-8-4-2-5-9-15)16-10-6-3-7-11-16/h2-13H,1H3. The summed E-state index contributed by atoms with van der Waals surface area (Å²) >= 11 is 7.44. The average Bonchev–Trinajstić information content (AvgIpc) is 3.03. The van der Waals surface area contributed by atoms with Gasteiger partial charge in [0, 0.05) is 15.5 Å². The Kier molecular flexibility index (Phi) is 4.82. The third kappa shape index (κ3) is 3.48. The topological polar surface area (TPSA) is 29.4 Å². The van der Waals surface area contributed by atoms with Crippen molar-refractivity contribution in [2.45, 2.75) is 6.92 Å². The number of hydrogen-bond acceptors (Lipinski definition) is 2. The van der Waals surface area contributed by atoms with Gasteiger partial charge in [0.2, 0.25) is 7.29 Å². The summed E-state index contributed by atoms with van der Waals surface area (Å²) in [6.45, 7) is 1.88. The van der Waals surface area contributed by atoms with Crippen LogP contribution in [0, 0.1) is 0 Å². The minimum absolute atomic E-state index is 0.698. The summed E-state index contributed by atoms with van der Waals surface area (Å²) < 4.78 is 19.1. The number of rotatable bonds is 4. The van der Waals surface area contributed by atoms with Gasteiger partial charge in [-0.05, 0) is 43.3 Å². The van der Waals surface area contributed by atoms with Crippen molar-refractivity contribution in [2.75, 3.05) is 0 Å². The lowest BCUT2D eigenvalue weighted by atomic mass is 10.3. The van der Waals surface area contributed by atoms with E-state index in [0.29, 0.717) is 4.34 Å². The van der Waals surface area contributed by atoms with Crippen LogP contribution in [0.25, 0.3) is 0 Å². The van der Waals surface area contributed by atoms with Gasteiger partial charge in [-0.25, -0.2) is 4.76 Å². The molecule has 0 radical (unpaired) electrons. The third-order valence-electron chi connectivity index (χ3n) is 3.43. The molecule has 0 saturated carbocycles. The number of thiophene rings is 1. The lowest BCUT2D eigenvalue weighted by molar-refractivity contribution is 0.588. The molecule has 0 aliphatic heterocycles. The Balaban J connectivity index is 2.15. The van der Waals surface area contributed by atoms with E-state index >= 15 is 0 Å². The lowest BCUT2D eigenvalue weighted by Crippen LogP contribution is -2.15. The van der Waals surface area contributed by atoms with Crippen LogP contribution in [0.4, 0.5) is 0 Å². The first-order chi connectivity index (χ1) is 11.1. The minimum atomic E-state index is -3.08. The third-order valence-corrected chi connectivity index (χ3v) is 7.35. The summed E-state index contributed by atoms with van der Waals surface area (Å²) in [7, 11) is -3.08. The SMILES string of the molecule is CC(=NP(=O)(c1ccccc1)c1ccccc1)c1ccc(Cl)s1. The molecule has 23 heavy (non-hydrogen) atoms. The van der Waals surface area contributed by atoms with Crippen molar-refractivity contribution >= 4 is 46.6 Å². The Bertz CT molecular complexity index is 831. The molecule has 0 N–H and O–H groups in total. The van der Waals surface area contributed by atoms with Crippen molar-refractivity contribution in [2.24, 2.45) is 4.76 Å². The molecule has 1 heterocycles. The highest BCUT2D eigenvalue weighted by atomic mass is 35.5. The average molecular weight is 360 g/mol. The van der Waals surface area contributed by atoms with Crippen LogP contribution in [0.1, 0.15) is 11.8 Å². The Morgan fingerprint density at radius 3 is 1.87 bits per heavy atom. The van der Waals surface area contributed by atoms with E-state index in [1.807, 2.05) is 79.7 Å². The fourth-order valence-corrected chi connectivity index (χ4v) is 5.56. The van der Waals surface area contributed by atoms with Crippen LogP contribution in [0.2, 0.25) is 4.34 Å². The van der Waals surface area contributed by atoms with Crippen LogP contribution in [0.3, 0.4) is 0 Å². The summed E-state index contributed by atoms with van der Waals surface area (Å²) in [6, 6.07) is 22.6. The summed E-state index contributed by atoms with van der Waals surface area (Å²) in [6.07, 6.45) is 0. The molecule has 0 spiro atoms. The van der Waals surface area contributed by atoms with Crippen LogP contribution >= 0.6 is 30.2 Å². The summed E-state index contributed by atoms with van der Waals surface area (Å²) in [5, 5.41) is 1.46. The van der Waals surface area contributed by atoms with Crippen molar-refractivity contribution in [3.8, 4) is 0 Å². The maximum absolute atomic E-state index is 13.8. The predicted molar refractivity (Wildman–Crippen MR) is 101 cm³/mol. The minimum Gasteiger partial charge on any atom is -0.288 e. The summed E-state index contributed by atoms with van der Waals surface area (Å²) in [5.74, 6) is 0. The number of hydrogen-bond donors (Lipinski definition) is 0. The van der Waals surface area contributed by atoms with Gasteiger partial charge in [-0.15, -0.1) is 11.3 Å². The zero-order valence-corrected chi connectivity index (χ0v) is 15.0. The Morgan fingerprint density at radius 2 is 1.43 bits per heavy atom. The molecule has 0 fully saturated rings. The van der Waals surface area contributed by atoms with Crippen molar-refractivity contribution in [3.63, 3.8) is 0 Å². The Labute approximate surface area is 144 Å². The van der Waals surface area contributed by atoms with Gasteiger partial charge < -0.3 is 0 Å². The van der Waals surface area contributed by atoms with E-state index in [1.54, 1.807) is 0 Å². The molecule has 5 heteroatoms. The maximum atomic E-state index is 13.8. The molecular formula is C18H15ClNOPS. The molecule has 0 unspecified atom stereocenters. The molecule has 0 bridgehead atoms. The molecular weight excluding hydrogens is 345 g/mol. The van der Waals surface area contributed by atoms with E-state index in [4.69, 9.17) is 11.6 Å². The summed E-state index contributed by atoms with van der Waals surface area (Å²) in [5.41, 5.74) is 0.734. The van der Waals surface area contributed by atoms with Crippen molar-refractivity contribution in [1.82, 2.24) is 0 Å². The van der Waals surface area contributed by atoms with E-state index in [9.17, 15) is 4.57 Å². The predicted octanol–water partition coefficient (Wildman–Crippen LogP) is 5.14. The van der Waals surface area contributed by atoms with Gasteiger partial charge in [0.25, 0.3) is 0 Å². The second-order valence-electron chi connectivity index (χ2n) is 5.04. The second kappa shape index (κ2) is 6.84. The van der Waals surface area contributed by atoms with E-state index in [2.05, 4.69) is 4.76 Å². The van der Waals surface area contributed by atoms with Crippen molar-refractivity contribution in [1.29, 1.82) is 0 Å². The van der Waals surface area contributed by atoms with Gasteiger partial charge in [0.1, 0.15) is 0 Å². The van der Waals surface area contributed by atoms with E-state index in [-0.39, 0.29) is 0 Å². The van der Waals surface area contributed by atoms with Gasteiger partial charge in [-0.1, -0.05) is 48.0 Å². The van der Waals surface area contributed by atoms with Crippen LogP contribution in [-0.2, 0) is 4.57 Å². The monoisotopic (exact) mass is 359 g/mol. The largest absolute Gasteiger partial charge is 0.288 e. The second-order valence-corrected chi connectivity index (χ2v) is 9.14. The van der Waals surface area contributed by atoms with E-state index in [0.717, 1.165) is 21.2 Å².